The Morgan fingerprint density at radius 3 is 2.56 bits per heavy atom. The molecule has 0 aliphatic carbocycles. The number of carbonyl (C=O) groups is 1. The van der Waals surface area contributed by atoms with Gasteiger partial charge < -0.3 is 9.47 Å². The first-order valence-corrected chi connectivity index (χ1v) is 7.63. The summed E-state index contributed by atoms with van der Waals surface area (Å²) in [5, 5.41) is 17.7. The quantitative estimate of drug-likeness (QED) is 0.334. The molecule has 0 fully saturated rings. The summed E-state index contributed by atoms with van der Waals surface area (Å²) in [5.41, 5.74) is -0.284. The number of nitro groups is 1. The van der Waals surface area contributed by atoms with E-state index in [1.165, 1.54) is 6.92 Å². The number of hydrogen-bond donors (Lipinski definition) is 0. The second-order valence-corrected chi connectivity index (χ2v) is 5.81. The van der Waals surface area contributed by atoms with Gasteiger partial charge in [-0.15, -0.1) is 10.2 Å². The van der Waals surface area contributed by atoms with Gasteiger partial charge in [0.2, 0.25) is 11.7 Å². The third-order valence-corrected chi connectivity index (χ3v) is 3.70. The number of nitrogens with zero attached hydrogens (tertiary/aromatic N) is 5. The van der Waals surface area contributed by atoms with Crippen LogP contribution >= 0.6 is 0 Å². The van der Waals surface area contributed by atoms with Crippen molar-refractivity contribution in [3.63, 3.8) is 0 Å². The number of rotatable bonds is 5. The van der Waals surface area contributed by atoms with Crippen LogP contribution in [0, 0.1) is 10.1 Å². The van der Waals surface area contributed by atoms with Crippen LogP contribution in [0.5, 0.6) is 0 Å². The predicted octanol–water partition coefficient (Wildman–Crippen LogP) is 2.62. The highest BCUT2D eigenvalue weighted by molar-refractivity contribution is 5.78. The zero-order chi connectivity index (χ0) is 20.4. The van der Waals surface area contributed by atoms with Gasteiger partial charge in [-0.2, -0.15) is 13.2 Å². The number of carbonyl (C=O) groups excluding carboxylic acids is 1. The highest BCUT2D eigenvalue weighted by atomic mass is 19.4. The molecule has 1 aromatic heterocycles. The fourth-order valence-corrected chi connectivity index (χ4v) is 2.57. The molecule has 0 bridgehead atoms. The predicted molar refractivity (Wildman–Crippen MR) is 84.1 cm³/mol. The Labute approximate surface area is 150 Å². The van der Waals surface area contributed by atoms with Crippen LogP contribution in [-0.4, -0.2) is 37.0 Å². The van der Waals surface area contributed by atoms with Crippen molar-refractivity contribution in [1.82, 2.24) is 19.7 Å². The van der Waals surface area contributed by atoms with Crippen LogP contribution < -0.4 is 0 Å². The number of allylic oxidation sites excluding steroid dienone is 4. The fraction of sp³-hybridized carbons (Fsp3) is 0.400. The average Bonchev–Trinajstić information content (AvgIpc) is 2.96. The minimum atomic E-state index is -4.66. The first-order valence-electron chi connectivity index (χ1n) is 7.63. The Kier molecular flexibility index (Phi) is 5.76. The highest BCUT2D eigenvalue weighted by Crippen LogP contribution is 2.29. The summed E-state index contributed by atoms with van der Waals surface area (Å²) >= 11 is 0. The van der Waals surface area contributed by atoms with Gasteiger partial charge in [0.05, 0.1) is 11.5 Å². The molecule has 0 N–H and O–H groups in total. The molecule has 0 spiro atoms. The second kappa shape index (κ2) is 7.68. The Morgan fingerprint density at radius 1 is 1.33 bits per heavy atom. The first kappa shape index (κ1) is 20.3. The minimum Gasteiger partial charge on any atom is -0.333 e. The molecule has 12 heteroatoms. The van der Waals surface area contributed by atoms with Crippen LogP contribution in [0.2, 0.25) is 0 Å². The Hall–Kier alpha value is -3.05. The van der Waals surface area contributed by atoms with Crippen molar-refractivity contribution in [3.05, 3.63) is 57.6 Å². The van der Waals surface area contributed by atoms with Gasteiger partial charge in [0.1, 0.15) is 12.2 Å². The fourth-order valence-electron chi connectivity index (χ4n) is 2.57. The van der Waals surface area contributed by atoms with E-state index in [0.29, 0.717) is 0 Å². The lowest BCUT2D eigenvalue weighted by atomic mass is 10.1. The molecule has 2 rings (SSSR count). The zero-order valence-electron chi connectivity index (χ0n) is 14.2. The standard InChI is InChI=1S/C15H15F4N5O3/c1-9(5-10(2)16)6-11(24(26)27)7-13(25)22-3-4-23-12(8-22)20-21-14(23)15(17,18)19/h5-6H,2-4,7-8H2,1H3/b9-5+,11-6-. The number of alkyl halides is 3. The van der Waals surface area contributed by atoms with E-state index in [4.69, 9.17) is 0 Å². The van der Waals surface area contributed by atoms with Crippen LogP contribution in [0.25, 0.3) is 0 Å². The average molecular weight is 389 g/mol. The van der Waals surface area contributed by atoms with Crippen LogP contribution in [0.3, 0.4) is 0 Å². The van der Waals surface area contributed by atoms with E-state index in [-0.39, 0.29) is 31.0 Å². The van der Waals surface area contributed by atoms with Gasteiger partial charge in [0.15, 0.2) is 5.82 Å². The minimum absolute atomic E-state index is 0.0571. The lowest BCUT2D eigenvalue weighted by molar-refractivity contribution is -0.426. The van der Waals surface area contributed by atoms with Crippen molar-refractivity contribution in [2.45, 2.75) is 32.6 Å². The molecule has 2 heterocycles. The van der Waals surface area contributed by atoms with Crippen molar-refractivity contribution in [2.75, 3.05) is 6.54 Å². The molecule has 1 amide bonds. The van der Waals surface area contributed by atoms with Gasteiger partial charge in [-0.25, -0.2) is 4.39 Å². The van der Waals surface area contributed by atoms with Gasteiger partial charge >= 0.3 is 6.18 Å². The molecular weight excluding hydrogens is 374 g/mol. The Morgan fingerprint density at radius 2 is 2.00 bits per heavy atom. The number of halogens is 4. The molecule has 1 aliphatic heterocycles. The van der Waals surface area contributed by atoms with Crippen molar-refractivity contribution >= 4 is 5.91 Å². The summed E-state index contributed by atoms with van der Waals surface area (Å²) in [6.45, 7) is 3.91. The summed E-state index contributed by atoms with van der Waals surface area (Å²) in [5.74, 6) is -2.66. The maximum absolute atomic E-state index is 12.8. The number of hydrogen-bond acceptors (Lipinski definition) is 5. The summed E-state index contributed by atoms with van der Waals surface area (Å²) < 4.78 is 52.1. The van der Waals surface area contributed by atoms with Gasteiger partial charge in [0.25, 0.3) is 5.70 Å². The summed E-state index contributed by atoms with van der Waals surface area (Å²) in [6, 6.07) is 0. The summed E-state index contributed by atoms with van der Waals surface area (Å²) in [6.07, 6.45) is -3.26. The maximum Gasteiger partial charge on any atom is 0.451 e. The monoisotopic (exact) mass is 389 g/mol. The topological polar surface area (TPSA) is 94.2 Å². The molecule has 0 saturated heterocycles. The van der Waals surface area contributed by atoms with Crippen LogP contribution in [-0.2, 0) is 24.1 Å². The molecule has 0 atom stereocenters. The zero-order valence-corrected chi connectivity index (χ0v) is 14.2. The van der Waals surface area contributed by atoms with Crippen molar-refractivity contribution in [3.8, 4) is 0 Å². The SMILES string of the molecule is C=C(F)/C=C(C)/C=C(/CC(=O)N1CCn2c(nnc2C(F)(F)F)C1)[N+](=O)[O-]. The normalized spacial score (nSPS) is 15.5. The smallest absolute Gasteiger partial charge is 0.333 e. The van der Waals surface area contributed by atoms with Crippen LogP contribution in [0.1, 0.15) is 25.0 Å². The lowest BCUT2D eigenvalue weighted by Gasteiger charge is -2.27. The van der Waals surface area contributed by atoms with Crippen molar-refractivity contribution in [1.29, 1.82) is 0 Å². The first-order chi connectivity index (χ1) is 12.5. The van der Waals surface area contributed by atoms with E-state index in [1.54, 1.807) is 0 Å². The third kappa shape index (κ3) is 4.99. The van der Waals surface area contributed by atoms with Crippen molar-refractivity contribution in [2.24, 2.45) is 0 Å². The summed E-state index contributed by atoms with van der Waals surface area (Å²) in [7, 11) is 0. The van der Waals surface area contributed by atoms with Crippen LogP contribution in [0.15, 0.2) is 35.8 Å². The van der Waals surface area contributed by atoms with E-state index < -0.39 is 40.8 Å². The van der Waals surface area contributed by atoms with Gasteiger partial charge in [-0.1, -0.05) is 6.58 Å². The van der Waals surface area contributed by atoms with E-state index in [2.05, 4.69) is 16.8 Å². The molecule has 1 aliphatic rings. The van der Waals surface area contributed by atoms with E-state index in [1.807, 2.05) is 0 Å². The molecule has 0 radical (unpaired) electrons. The molecule has 1 aromatic rings. The third-order valence-electron chi connectivity index (χ3n) is 3.70. The van der Waals surface area contributed by atoms with E-state index >= 15 is 0 Å². The molecule has 27 heavy (non-hydrogen) atoms. The molecule has 146 valence electrons. The van der Waals surface area contributed by atoms with Crippen molar-refractivity contribution < 1.29 is 27.3 Å². The Balaban J connectivity index is 2.14. The van der Waals surface area contributed by atoms with E-state index in [0.717, 1.165) is 21.6 Å². The van der Waals surface area contributed by atoms with Gasteiger partial charge in [0, 0.05) is 19.2 Å². The second-order valence-electron chi connectivity index (χ2n) is 5.81. The molecular formula is C15H15F4N5O3. The molecule has 8 nitrogen and oxygen atoms in total. The Bertz CT molecular complexity index is 841. The maximum atomic E-state index is 12.8. The number of amides is 1. The van der Waals surface area contributed by atoms with Crippen LogP contribution in [0.4, 0.5) is 17.6 Å². The largest absolute Gasteiger partial charge is 0.451 e. The molecule has 0 saturated carbocycles. The number of aromatic nitrogens is 3. The highest BCUT2D eigenvalue weighted by Gasteiger charge is 2.40. The van der Waals surface area contributed by atoms with E-state index in [9.17, 15) is 32.5 Å². The van der Waals surface area contributed by atoms with Gasteiger partial charge in [-0.05, 0) is 18.6 Å². The summed E-state index contributed by atoms with van der Waals surface area (Å²) in [4.78, 5) is 23.8. The lowest BCUT2D eigenvalue weighted by Crippen LogP contribution is -2.39. The number of fused-ring (bicyclic) bond motifs is 1. The van der Waals surface area contributed by atoms with Gasteiger partial charge in [-0.3, -0.25) is 14.9 Å². The molecule has 0 unspecified atom stereocenters. The molecule has 0 aromatic carbocycles.